The summed E-state index contributed by atoms with van der Waals surface area (Å²) in [6, 6.07) is 5.81. The molecule has 3 aromatic rings. The molecule has 5 heterocycles. The second kappa shape index (κ2) is 8.98. The van der Waals surface area contributed by atoms with E-state index < -0.39 is 0 Å². The van der Waals surface area contributed by atoms with Crippen molar-refractivity contribution in [3.05, 3.63) is 45.9 Å². The first-order chi connectivity index (χ1) is 16.4. The number of carbonyl (C=O) groups excluding carboxylic acids is 4. The fourth-order valence-electron chi connectivity index (χ4n) is 4.38. The van der Waals surface area contributed by atoms with Gasteiger partial charge >= 0.3 is 0 Å². The van der Waals surface area contributed by atoms with Gasteiger partial charge in [0.05, 0.1) is 23.7 Å². The molecule has 4 amide bonds. The highest BCUT2D eigenvalue weighted by molar-refractivity contribution is 7.09. The Balaban J connectivity index is 1.28. The lowest BCUT2D eigenvalue weighted by atomic mass is 10.1. The molecule has 2 fully saturated rings. The number of nitrogens with zero attached hydrogens (tertiary/aromatic N) is 6. The quantitative estimate of drug-likeness (QED) is 0.509. The Morgan fingerprint density at radius 2 is 1.76 bits per heavy atom. The van der Waals surface area contributed by atoms with Crippen LogP contribution in [-0.2, 0) is 20.9 Å². The summed E-state index contributed by atoms with van der Waals surface area (Å²) in [7, 11) is 0. The van der Waals surface area contributed by atoms with Gasteiger partial charge in [-0.1, -0.05) is 6.07 Å². The fraction of sp³-hybridized carbons (Fsp3) is 0.391. The first kappa shape index (κ1) is 22.2. The van der Waals surface area contributed by atoms with E-state index in [1.165, 1.54) is 0 Å². The zero-order valence-electron chi connectivity index (χ0n) is 18.8. The van der Waals surface area contributed by atoms with Crippen LogP contribution in [0.25, 0.3) is 11.0 Å². The first-order valence-corrected chi connectivity index (χ1v) is 12.0. The highest BCUT2D eigenvalue weighted by atomic mass is 32.1. The van der Waals surface area contributed by atoms with Gasteiger partial charge in [0.15, 0.2) is 5.65 Å². The van der Waals surface area contributed by atoms with Crippen LogP contribution < -0.4 is 0 Å². The average molecular weight is 481 g/mol. The van der Waals surface area contributed by atoms with Crippen molar-refractivity contribution in [3.8, 4) is 0 Å². The number of fused-ring (bicyclic) bond motifs is 1. The maximum atomic E-state index is 13.4. The van der Waals surface area contributed by atoms with Crippen LogP contribution in [-0.4, -0.2) is 85.8 Å². The molecule has 0 bridgehead atoms. The van der Waals surface area contributed by atoms with Crippen molar-refractivity contribution in [2.75, 3.05) is 32.7 Å². The molecule has 0 aliphatic carbocycles. The van der Waals surface area contributed by atoms with Gasteiger partial charge in [-0.2, -0.15) is 5.10 Å². The molecular formula is C23H24N6O4S. The maximum absolute atomic E-state index is 13.4. The summed E-state index contributed by atoms with van der Waals surface area (Å²) in [4.78, 5) is 59.7. The third kappa shape index (κ3) is 4.18. The van der Waals surface area contributed by atoms with Gasteiger partial charge in [-0.3, -0.25) is 24.1 Å². The molecule has 3 aromatic heterocycles. The maximum Gasteiger partial charge on any atom is 0.254 e. The third-order valence-electron chi connectivity index (χ3n) is 6.22. The highest BCUT2D eigenvalue weighted by Gasteiger charge is 2.33. The van der Waals surface area contributed by atoms with E-state index in [0.717, 1.165) is 15.5 Å². The van der Waals surface area contributed by atoms with Gasteiger partial charge in [0.2, 0.25) is 17.7 Å². The average Bonchev–Trinajstić information content (AvgIpc) is 3.57. The monoisotopic (exact) mass is 480 g/mol. The summed E-state index contributed by atoms with van der Waals surface area (Å²) in [5.74, 6) is -0.997. The Morgan fingerprint density at radius 3 is 2.44 bits per heavy atom. The Labute approximate surface area is 199 Å². The number of thiophene rings is 1. The molecule has 2 saturated heterocycles. The summed E-state index contributed by atoms with van der Waals surface area (Å²) in [5, 5.41) is 7.19. The molecule has 0 aromatic carbocycles. The van der Waals surface area contributed by atoms with Crippen molar-refractivity contribution in [1.29, 1.82) is 0 Å². The third-order valence-corrected chi connectivity index (χ3v) is 7.08. The SMILES string of the molecule is Cc1cc(C(=O)N2CCN(C(=O)CN3C(=O)CCC3=O)CC2)c2cnn(Cc3cccs3)c2n1. The standard InChI is InChI=1S/C23H24N6O4S/c1-15-11-17(18-12-24-29(22(18)25-15)13-16-3-2-10-34-16)23(33)27-8-6-26(7-9-27)21(32)14-28-19(30)4-5-20(28)31/h2-3,10-12H,4-9,13-14H2,1H3. The molecule has 0 radical (unpaired) electrons. The molecule has 0 saturated carbocycles. The minimum absolute atomic E-state index is 0.122. The van der Waals surface area contributed by atoms with E-state index in [0.29, 0.717) is 49.3 Å². The Morgan fingerprint density at radius 1 is 1.06 bits per heavy atom. The highest BCUT2D eigenvalue weighted by Crippen LogP contribution is 2.22. The topological polar surface area (TPSA) is 109 Å². The number of carbonyl (C=O) groups is 4. The van der Waals surface area contributed by atoms with Gasteiger partial charge in [0.25, 0.3) is 5.91 Å². The van der Waals surface area contributed by atoms with E-state index in [4.69, 9.17) is 0 Å². The Hall–Kier alpha value is -3.60. The van der Waals surface area contributed by atoms with Crippen molar-refractivity contribution < 1.29 is 19.2 Å². The molecule has 34 heavy (non-hydrogen) atoms. The van der Waals surface area contributed by atoms with Crippen LogP contribution in [0.2, 0.25) is 0 Å². The molecule has 0 N–H and O–H groups in total. The van der Waals surface area contributed by atoms with Crippen LogP contribution in [0.3, 0.4) is 0 Å². The lowest BCUT2D eigenvalue weighted by Crippen LogP contribution is -2.53. The number of pyridine rings is 1. The van der Waals surface area contributed by atoms with Crippen molar-refractivity contribution in [2.24, 2.45) is 0 Å². The number of amides is 4. The van der Waals surface area contributed by atoms with Crippen LogP contribution in [0.5, 0.6) is 0 Å². The van der Waals surface area contributed by atoms with Gasteiger partial charge in [-0.05, 0) is 24.4 Å². The van der Waals surface area contributed by atoms with E-state index in [1.807, 2.05) is 29.1 Å². The number of hydrogen-bond donors (Lipinski definition) is 0. The number of aryl methyl sites for hydroxylation is 1. The minimum atomic E-state index is -0.302. The minimum Gasteiger partial charge on any atom is -0.338 e. The molecule has 0 unspecified atom stereocenters. The molecule has 2 aliphatic heterocycles. The fourth-order valence-corrected chi connectivity index (χ4v) is 5.07. The van der Waals surface area contributed by atoms with E-state index in [-0.39, 0.29) is 43.0 Å². The Kier molecular flexibility index (Phi) is 5.86. The molecule has 176 valence electrons. The predicted octanol–water partition coefficient (Wildman–Crippen LogP) is 1.28. The zero-order chi connectivity index (χ0) is 23.8. The van der Waals surface area contributed by atoms with Gasteiger partial charge in [0.1, 0.15) is 6.54 Å². The number of hydrogen-bond acceptors (Lipinski definition) is 7. The van der Waals surface area contributed by atoms with E-state index in [9.17, 15) is 19.2 Å². The van der Waals surface area contributed by atoms with Crippen molar-refractivity contribution >= 4 is 46.0 Å². The second-order valence-corrected chi connectivity index (χ2v) is 9.51. The molecule has 2 aliphatic rings. The number of piperazine rings is 1. The summed E-state index contributed by atoms with van der Waals surface area (Å²) in [6.45, 7) is 3.68. The predicted molar refractivity (Wildman–Crippen MR) is 124 cm³/mol. The molecular weight excluding hydrogens is 456 g/mol. The number of imide groups is 1. The molecule has 11 heteroatoms. The lowest BCUT2D eigenvalue weighted by Gasteiger charge is -2.35. The van der Waals surface area contributed by atoms with Gasteiger partial charge in [-0.25, -0.2) is 9.67 Å². The van der Waals surface area contributed by atoms with Crippen LogP contribution >= 0.6 is 11.3 Å². The van der Waals surface area contributed by atoms with E-state index >= 15 is 0 Å². The van der Waals surface area contributed by atoms with Crippen LogP contribution in [0.1, 0.15) is 33.8 Å². The zero-order valence-corrected chi connectivity index (χ0v) is 19.6. The van der Waals surface area contributed by atoms with Crippen LogP contribution in [0.4, 0.5) is 0 Å². The van der Waals surface area contributed by atoms with E-state index in [2.05, 4.69) is 10.1 Å². The summed E-state index contributed by atoms with van der Waals surface area (Å²) < 4.78 is 1.81. The molecule has 10 nitrogen and oxygen atoms in total. The van der Waals surface area contributed by atoms with Crippen molar-refractivity contribution in [3.63, 3.8) is 0 Å². The van der Waals surface area contributed by atoms with Crippen LogP contribution in [0.15, 0.2) is 29.8 Å². The van der Waals surface area contributed by atoms with Crippen molar-refractivity contribution in [2.45, 2.75) is 26.3 Å². The lowest BCUT2D eigenvalue weighted by molar-refractivity contribution is -0.146. The van der Waals surface area contributed by atoms with Crippen molar-refractivity contribution in [1.82, 2.24) is 29.5 Å². The van der Waals surface area contributed by atoms with Gasteiger partial charge in [0, 0.05) is 49.6 Å². The first-order valence-electron chi connectivity index (χ1n) is 11.2. The smallest absolute Gasteiger partial charge is 0.254 e. The van der Waals surface area contributed by atoms with E-state index in [1.54, 1.807) is 33.4 Å². The Bertz CT molecular complexity index is 1260. The number of likely N-dealkylation sites (tertiary alicyclic amines) is 1. The van der Waals surface area contributed by atoms with Crippen LogP contribution in [0, 0.1) is 6.92 Å². The summed E-state index contributed by atoms with van der Waals surface area (Å²) in [5.41, 5.74) is 1.95. The summed E-state index contributed by atoms with van der Waals surface area (Å²) in [6.07, 6.45) is 2.02. The normalized spacial score (nSPS) is 16.7. The second-order valence-electron chi connectivity index (χ2n) is 8.48. The molecule has 5 rings (SSSR count). The summed E-state index contributed by atoms with van der Waals surface area (Å²) >= 11 is 1.64. The van der Waals surface area contributed by atoms with Gasteiger partial charge < -0.3 is 9.80 Å². The molecule has 0 spiro atoms. The number of aromatic nitrogens is 3. The number of rotatable bonds is 5. The molecule has 0 atom stereocenters. The largest absolute Gasteiger partial charge is 0.338 e. The van der Waals surface area contributed by atoms with Gasteiger partial charge in [-0.15, -0.1) is 11.3 Å².